The Labute approximate surface area is 299 Å². The Bertz CT molecular complexity index is 1330. The van der Waals surface area contributed by atoms with Crippen molar-refractivity contribution in [1.82, 2.24) is 9.80 Å². The maximum absolute atomic E-state index is 13.8. The fraction of sp³-hybridized carbons (Fsp3) is 0.649. The van der Waals surface area contributed by atoms with Crippen molar-refractivity contribution in [3.8, 4) is 0 Å². The van der Waals surface area contributed by atoms with E-state index in [0.29, 0.717) is 26.2 Å². The minimum absolute atomic E-state index is 0.115. The number of Topliss-reactive ketones (excluding diaryl/α,β-unsaturated/α-hetero) is 1. The number of aliphatic hydroxyl groups excluding tert-OH is 2. The van der Waals surface area contributed by atoms with Crippen LogP contribution < -0.4 is 20.7 Å². The van der Waals surface area contributed by atoms with Crippen LogP contribution in [0.25, 0.3) is 0 Å². The molecule has 2 atom stereocenters. The molecule has 0 radical (unpaired) electrons. The summed E-state index contributed by atoms with van der Waals surface area (Å²) in [6.45, 7) is 21.4. The number of piperazine rings is 2. The van der Waals surface area contributed by atoms with Crippen molar-refractivity contribution in [2.75, 3.05) is 75.4 Å². The van der Waals surface area contributed by atoms with Crippen LogP contribution in [0.15, 0.2) is 48.5 Å². The molecule has 4 aliphatic heterocycles. The Balaban J connectivity index is 0.996. The van der Waals surface area contributed by atoms with Gasteiger partial charge in [-0.15, -0.1) is 0 Å². The van der Waals surface area contributed by atoms with Crippen molar-refractivity contribution in [2.24, 2.45) is 0 Å². The van der Waals surface area contributed by atoms with Crippen molar-refractivity contribution in [1.29, 1.82) is 0 Å². The van der Waals surface area contributed by atoms with Crippen molar-refractivity contribution < 1.29 is 33.6 Å². The summed E-state index contributed by atoms with van der Waals surface area (Å²) >= 11 is 0. The number of anilines is 2. The van der Waals surface area contributed by atoms with E-state index in [0.717, 1.165) is 48.5 Å². The molecule has 0 bridgehead atoms. The molecule has 4 fully saturated rings. The highest BCUT2D eigenvalue weighted by molar-refractivity contribution is 6.62. The molecule has 0 saturated carbocycles. The Hall–Kier alpha value is -2.48. The van der Waals surface area contributed by atoms with Gasteiger partial charge in [0.05, 0.1) is 47.7 Å². The minimum atomic E-state index is -0.652. The molecule has 2 aromatic rings. The highest BCUT2D eigenvalue weighted by Gasteiger charge is 2.52. The monoisotopic (exact) mass is 690 g/mol. The average Bonchev–Trinajstić information content (AvgIpc) is 3.45. The SMILES string of the molecule is CC1(C)OB(c2ccc(N3CCN(C(CO)C(=O)C(CO)N4CCN(c5ccc(B6OC(C)(C)C(C)(C)O6)cc5)CC4)CC3)cc2)OC1(C)C. The van der Waals surface area contributed by atoms with Gasteiger partial charge in [-0.1, -0.05) is 24.3 Å². The van der Waals surface area contributed by atoms with Crippen molar-refractivity contribution in [2.45, 2.75) is 89.9 Å². The van der Waals surface area contributed by atoms with E-state index >= 15 is 0 Å². The fourth-order valence-corrected chi connectivity index (χ4v) is 7.22. The molecule has 4 aliphatic rings. The van der Waals surface area contributed by atoms with Gasteiger partial charge in [-0.25, -0.2) is 0 Å². The Morgan fingerprint density at radius 1 is 0.560 bits per heavy atom. The summed E-state index contributed by atoms with van der Waals surface area (Å²) in [6, 6.07) is 15.3. The molecule has 0 aliphatic carbocycles. The van der Waals surface area contributed by atoms with E-state index in [2.05, 4.69) is 124 Å². The van der Waals surface area contributed by atoms with Crippen molar-refractivity contribution in [3.05, 3.63) is 48.5 Å². The first-order valence-corrected chi connectivity index (χ1v) is 18.2. The van der Waals surface area contributed by atoms with Gasteiger partial charge in [-0.2, -0.15) is 0 Å². The van der Waals surface area contributed by atoms with E-state index in [4.69, 9.17) is 18.6 Å². The van der Waals surface area contributed by atoms with Gasteiger partial charge in [0.25, 0.3) is 0 Å². The summed E-state index contributed by atoms with van der Waals surface area (Å²) in [5, 5.41) is 20.8. The lowest BCUT2D eigenvalue weighted by Gasteiger charge is -2.43. The molecule has 272 valence electrons. The number of ketones is 1. The topological polar surface area (TPSA) is 107 Å². The van der Waals surface area contributed by atoms with Crippen LogP contribution in [0.1, 0.15) is 55.4 Å². The second-order valence-corrected chi connectivity index (χ2v) is 16.2. The molecule has 0 aromatic heterocycles. The van der Waals surface area contributed by atoms with Gasteiger partial charge in [0.15, 0.2) is 5.78 Å². The molecular formula is C37H56B2N4O7. The van der Waals surface area contributed by atoms with Gasteiger partial charge in [-0.05, 0) is 90.6 Å². The number of rotatable bonds is 10. The largest absolute Gasteiger partial charge is 0.494 e. The third-order valence-electron chi connectivity index (χ3n) is 12.1. The summed E-state index contributed by atoms with van der Waals surface area (Å²) < 4.78 is 24.8. The normalized spacial score (nSPS) is 24.8. The summed E-state index contributed by atoms with van der Waals surface area (Å²) in [5.74, 6) is -0.115. The van der Waals surface area contributed by atoms with Crippen LogP contribution in [0.4, 0.5) is 11.4 Å². The second-order valence-electron chi connectivity index (χ2n) is 16.2. The number of carbonyl (C=O) groups is 1. The summed E-state index contributed by atoms with van der Waals surface area (Å²) in [4.78, 5) is 22.6. The molecule has 0 spiro atoms. The molecule has 2 unspecified atom stereocenters. The zero-order chi connectivity index (χ0) is 36.1. The van der Waals surface area contributed by atoms with Gasteiger partial charge in [0.1, 0.15) is 0 Å². The van der Waals surface area contributed by atoms with E-state index in [9.17, 15) is 15.0 Å². The summed E-state index contributed by atoms with van der Waals surface area (Å²) in [6.07, 6.45) is 0. The third kappa shape index (κ3) is 7.25. The van der Waals surface area contributed by atoms with Gasteiger partial charge < -0.3 is 38.6 Å². The highest BCUT2D eigenvalue weighted by Crippen LogP contribution is 2.37. The lowest BCUT2D eigenvalue weighted by atomic mass is 9.79. The number of aliphatic hydroxyl groups is 2. The Morgan fingerprint density at radius 3 is 1.10 bits per heavy atom. The molecule has 4 heterocycles. The Morgan fingerprint density at radius 2 is 0.840 bits per heavy atom. The van der Waals surface area contributed by atoms with Crippen LogP contribution in [0, 0.1) is 0 Å². The van der Waals surface area contributed by atoms with E-state index in [-0.39, 0.29) is 41.4 Å². The first-order valence-electron chi connectivity index (χ1n) is 18.2. The predicted molar refractivity (Wildman–Crippen MR) is 199 cm³/mol. The van der Waals surface area contributed by atoms with Crippen LogP contribution in [0.5, 0.6) is 0 Å². The quantitative estimate of drug-likeness (QED) is 0.355. The van der Waals surface area contributed by atoms with Crippen LogP contribution in [0.2, 0.25) is 0 Å². The molecule has 6 rings (SSSR count). The van der Waals surface area contributed by atoms with Gasteiger partial charge in [0, 0.05) is 63.7 Å². The number of carbonyl (C=O) groups excluding carboxylic acids is 1. The minimum Gasteiger partial charge on any atom is -0.399 e. The standard InChI is InChI=1S/C37H56B2N4O7/c1-34(2)35(3,4)48-38(47-34)27-9-13-29(14-10-27)40-17-21-42(22-18-40)31(25-44)33(46)32(26-45)43-23-19-41(20-24-43)30-15-11-28(12-16-30)39-49-36(5,6)37(7,8)50-39/h9-16,31-32,44-45H,17-26H2,1-8H3. The molecular weight excluding hydrogens is 634 g/mol. The molecule has 0 amide bonds. The Kier molecular flexibility index (Phi) is 10.6. The molecule has 4 saturated heterocycles. The average molecular weight is 690 g/mol. The number of hydrogen-bond acceptors (Lipinski definition) is 11. The summed E-state index contributed by atoms with van der Waals surface area (Å²) in [5.41, 5.74) is 2.63. The van der Waals surface area contributed by atoms with Crippen LogP contribution in [-0.4, -0.2) is 140 Å². The maximum Gasteiger partial charge on any atom is 0.494 e. The first-order chi connectivity index (χ1) is 23.6. The van der Waals surface area contributed by atoms with E-state index in [1.807, 2.05) is 0 Å². The third-order valence-corrected chi connectivity index (χ3v) is 12.1. The molecule has 11 nitrogen and oxygen atoms in total. The second kappa shape index (κ2) is 14.2. The van der Waals surface area contributed by atoms with Gasteiger partial charge in [0.2, 0.25) is 0 Å². The number of hydrogen-bond donors (Lipinski definition) is 2. The molecule has 2 aromatic carbocycles. The first kappa shape index (κ1) is 37.3. The van der Waals surface area contributed by atoms with Crippen LogP contribution in [-0.2, 0) is 23.4 Å². The smallest absolute Gasteiger partial charge is 0.399 e. The number of nitrogens with zero attached hydrogens (tertiary/aromatic N) is 4. The maximum atomic E-state index is 13.8. The van der Waals surface area contributed by atoms with E-state index < -0.39 is 26.3 Å². The molecule has 2 N–H and O–H groups in total. The van der Waals surface area contributed by atoms with Gasteiger partial charge in [-0.3, -0.25) is 14.6 Å². The van der Waals surface area contributed by atoms with Crippen LogP contribution >= 0.6 is 0 Å². The highest BCUT2D eigenvalue weighted by atomic mass is 16.7. The lowest BCUT2D eigenvalue weighted by Crippen LogP contribution is -2.61. The van der Waals surface area contributed by atoms with E-state index in [1.54, 1.807) is 0 Å². The predicted octanol–water partition coefficient (Wildman–Crippen LogP) is 1.52. The number of benzene rings is 2. The van der Waals surface area contributed by atoms with Gasteiger partial charge >= 0.3 is 14.2 Å². The van der Waals surface area contributed by atoms with Crippen LogP contribution in [0.3, 0.4) is 0 Å². The van der Waals surface area contributed by atoms with Crippen molar-refractivity contribution in [3.63, 3.8) is 0 Å². The fourth-order valence-electron chi connectivity index (χ4n) is 7.22. The summed E-state index contributed by atoms with van der Waals surface area (Å²) in [7, 11) is -0.797. The van der Waals surface area contributed by atoms with E-state index in [1.165, 1.54) is 0 Å². The molecule has 13 heteroatoms. The lowest BCUT2D eigenvalue weighted by molar-refractivity contribution is -0.133. The molecule has 50 heavy (non-hydrogen) atoms. The zero-order valence-electron chi connectivity index (χ0n) is 31.2. The van der Waals surface area contributed by atoms with Crippen molar-refractivity contribution >= 4 is 42.3 Å². The zero-order valence-corrected chi connectivity index (χ0v) is 31.2.